The summed E-state index contributed by atoms with van der Waals surface area (Å²) >= 11 is 1.80. The number of piperazine rings is 1. The lowest BCUT2D eigenvalue weighted by Crippen LogP contribution is -2.50. The van der Waals surface area contributed by atoms with Gasteiger partial charge in [-0.3, -0.25) is 4.90 Å². The molecule has 0 aromatic carbocycles. The summed E-state index contributed by atoms with van der Waals surface area (Å²) in [6.45, 7) is 8.88. The summed E-state index contributed by atoms with van der Waals surface area (Å²) in [5.41, 5.74) is 1.19. The van der Waals surface area contributed by atoms with Gasteiger partial charge in [-0.25, -0.2) is 4.98 Å². The standard InChI is InChI=1S/C13H22N4S/c1-2-14-8-11-10-18-13(15-11)17-7-6-16-5-3-4-12(16)9-17/h10,12,14H,2-9H2,1H3. The Morgan fingerprint density at radius 2 is 2.39 bits per heavy atom. The molecule has 4 nitrogen and oxygen atoms in total. The van der Waals surface area contributed by atoms with Crippen LogP contribution >= 0.6 is 11.3 Å². The number of nitrogens with zero attached hydrogens (tertiary/aromatic N) is 3. The molecule has 3 heterocycles. The minimum atomic E-state index is 0.778. The van der Waals surface area contributed by atoms with Crippen LogP contribution in [0, 0.1) is 0 Å². The molecule has 1 aromatic heterocycles. The number of anilines is 1. The summed E-state index contributed by atoms with van der Waals surface area (Å²) in [6, 6.07) is 0.778. The summed E-state index contributed by atoms with van der Waals surface area (Å²) in [7, 11) is 0. The number of thiazole rings is 1. The van der Waals surface area contributed by atoms with E-state index in [0.29, 0.717) is 0 Å². The highest BCUT2D eigenvalue weighted by Crippen LogP contribution is 2.27. The smallest absolute Gasteiger partial charge is 0.185 e. The van der Waals surface area contributed by atoms with Crippen molar-refractivity contribution >= 4 is 16.5 Å². The lowest BCUT2D eigenvalue weighted by molar-refractivity contribution is 0.231. The maximum absolute atomic E-state index is 4.75. The fraction of sp³-hybridized carbons (Fsp3) is 0.769. The second-order valence-electron chi connectivity index (χ2n) is 5.18. The highest BCUT2D eigenvalue weighted by atomic mass is 32.1. The Labute approximate surface area is 113 Å². The van der Waals surface area contributed by atoms with Crippen molar-refractivity contribution < 1.29 is 0 Å². The fourth-order valence-electron chi connectivity index (χ4n) is 2.94. The number of nitrogens with one attached hydrogen (secondary N) is 1. The van der Waals surface area contributed by atoms with E-state index in [4.69, 9.17) is 4.98 Å². The number of hydrogen-bond donors (Lipinski definition) is 1. The molecule has 2 aliphatic rings. The molecule has 1 atom stereocenters. The number of rotatable bonds is 4. The predicted molar refractivity (Wildman–Crippen MR) is 76.3 cm³/mol. The van der Waals surface area contributed by atoms with E-state index in [1.165, 1.54) is 43.3 Å². The lowest BCUT2D eigenvalue weighted by atomic mass is 10.2. The van der Waals surface area contributed by atoms with Crippen LogP contribution in [0.5, 0.6) is 0 Å². The van der Waals surface area contributed by atoms with Crippen LogP contribution in [0.1, 0.15) is 25.5 Å². The second kappa shape index (κ2) is 5.55. The molecule has 1 aromatic rings. The van der Waals surface area contributed by atoms with Crippen molar-refractivity contribution in [1.82, 2.24) is 15.2 Å². The molecule has 0 spiro atoms. The van der Waals surface area contributed by atoms with Crippen LogP contribution in [0.15, 0.2) is 5.38 Å². The maximum Gasteiger partial charge on any atom is 0.185 e. The quantitative estimate of drug-likeness (QED) is 0.896. The minimum Gasteiger partial charge on any atom is -0.345 e. The molecular weight excluding hydrogens is 244 g/mol. The Kier molecular flexibility index (Phi) is 3.82. The molecule has 18 heavy (non-hydrogen) atoms. The van der Waals surface area contributed by atoms with Crippen LogP contribution in [0.25, 0.3) is 0 Å². The zero-order valence-electron chi connectivity index (χ0n) is 11.1. The van der Waals surface area contributed by atoms with E-state index in [0.717, 1.165) is 25.7 Å². The number of aromatic nitrogens is 1. The molecule has 0 aliphatic carbocycles. The number of hydrogen-bond acceptors (Lipinski definition) is 5. The first kappa shape index (κ1) is 12.4. The Morgan fingerprint density at radius 1 is 1.44 bits per heavy atom. The molecule has 0 amide bonds. The van der Waals surface area contributed by atoms with Crippen LogP contribution in [0.2, 0.25) is 0 Å². The van der Waals surface area contributed by atoms with E-state index in [1.54, 1.807) is 11.3 Å². The van der Waals surface area contributed by atoms with Gasteiger partial charge in [0.2, 0.25) is 0 Å². The molecule has 100 valence electrons. The van der Waals surface area contributed by atoms with Crippen LogP contribution in [-0.2, 0) is 6.54 Å². The molecule has 2 fully saturated rings. The zero-order valence-corrected chi connectivity index (χ0v) is 11.9. The van der Waals surface area contributed by atoms with Crippen molar-refractivity contribution in [3.05, 3.63) is 11.1 Å². The first-order valence-corrected chi connectivity index (χ1v) is 7.89. The molecule has 2 saturated heterocycles. The van der Waals surface area contributed by atoms with Gasteiger partial charge in [0, 0.05) is 37.6 Å². The van der Waals surface area contributed by atoms with Crippen molar-refractivity contribution in [2.24, 2.45) is 0 Å². The second-order valence-corrected chi connectivity index (χ2v) is 6.02. The topological polar surface area (TPSA) is 31.4 Å². The molecule has 0 radical (unpaired) electrons. The van der Waals surface area contributed by atoms with Crippen molar-refractivity contribution in [2.75, 3.05) is 37.6 Å². The van der Waals surface area contributed by atoms with Gasteiger partial charge in [-0.15, -0.1) is 11.3 Å². The summed E-state index contributed by atoms with van der Waals surface area (Å²) in [5, 5.41) is 6.75. The van der Waals surface area contributed by atoms with Crippen molar-refractivity contribution in [2.45, 2.75) is 32.4 Å². The van der Waals surface area contributed by atoms with E-state index in [9.17, 15) is 0 Å². The Balaban J connectivity index is 1.62. The first-order valence-electron chi connectivity index (χ1n) is 7.01. The van der Waals surface area contributed by atoms with Gasteiger partial charge in [-0.2, -0.15) is 0 Å². The largest absolute Gasteiger partial charge is 0.345 e. The average Bonchev–Trinajstić information content (AvgIpc) is 3.04. The first-order chi connectivity index (χ1) is 8.86. The normalized spacial score (nSPS) is 24.5. The van der Waals surface area contributed by atoms with Crippen LogP contribution < -0.4 is 10.2 Å². The maximum atomic E-state index is 4.75. The van der Waals surface area contributed by atoms with E-state index in [2.05, 4.69) is 27.4 Å². The Bertz CT molecular complexity index is 392. The van der Waals surface area contributed by atoms with Crippen LogP contribution in [0.3, 0.4) is 0 Å². The monoisotopic (exact) mass is 266 g/mol. The van der Waals surface area contributed by atoms with Crippen molar-refractivity contribution in [3.63, 3.8) is 0 Å². The Morgan fingerprint density at radius 3 is 3.28 bits per heavy atom. The van der Waals surface area contributed by atoms with E-state index in [-0.39, 0.29) is 0 Å². The third-order valence-corrected chi connectivity index (χ3v) is 4.90. The minimum absolute atomic E-state index is 0.778. The average molecular weight is 266 g/mol. The van der Waals surface area contributed by atoms with Gasteiger partial charge in [0.25, 0.3) is 0 Å². The molecule has 3 rings (SSSR count). The predicted octanol–water partition coefficient (Wildman–Crippen LogP) is 1.54. The third kappa shape index (κ3) is 2.53. The zero-order chi connectivity index (χ0) is 12.4. The molecule has 5 heteroatoms. The van der Waals surface area contributed by atoms with Gasteiger partial charge in [-0.05, 0) is 25.9 Å². The molecule has 1 N–H and O–H groups in total. The molecule has 0 saturated carbocycles. The van der Waals surface area contributed by atoms with E-state index >= 15 is 0 Å². The van der Waals surface area contributed by atoms with Gasteiger partial charge in [0.15, 0.2) is 5.13 Å². The van der Waals surface area contributed by atoms with E-state index < -0.39 is 0 Å². The molecular formula is C13H22N4S. The summed E-state index contributed by atoms with van der Waals surface area (Å²) in [6.07, 6.45) is 2.74. The highest BCUT2D eigenvalue weighted by Gasteiger charge is 2.31. The van der Waals surface area contributed by atoms with E-state index in [1.807, 2.05) is 0 Å². The van der Waals surface area contributed by atoms with Crippen molar-refractivity contribution in [3.8, 4) is 0 Å². The number of fused-ring (bicyclic) bond motifs is 1. The summed E-state index contributed by atoms with van der Waals surface area (Å²) in [5.74, 6) is 0. The fourth-order valence-corrected chi connectivity index (χ4v) is 3.80. The third-order valence-electron chi connectivity index (χ3n) is 3.95. The van der Waals surface area contributed by atoms with Crippen molar-refractivity contribution in [1.29, 1.82) is 0 Å². The molecule has 2 aliphatic heterocycles. The van der Waals surface area contributed by atoms with Gasteiger partial charge in [0.1, 0.15) is 0 Å². The van der Waals surface area contributed by atoms with Gasteiger partial charge < -0.3 is 10.2 Å². The molecule has 1 unspecified atom stereocenters. The highest BCUT2D eigenvalue weighted by molar-refractivity contribution is 7.13. The van der Waals surface area contributed by atoms with Gasteiger partial charge in [0.05, 0.1) is 5.69 Å². The Hall–Kier alpha value is -0.650. The van der Waals surface area contributed by atoms with Gasteiger partial charge in [-0.1, -0.05) is 6.92 Å². The lowest BCUT2D eigenvalue weighted by Gasteiger charge is -2.37. The molecule has 0 bridgehead atoms. The summed E-state index contributed by atoms with van der Waals surface area (Å²) < 4.78 is 0. The van der Waals surface area contributed by atoms with Gasteiger partial charge >= 0.3 is 0 Å². The summed E-state index contributed by atoms with van der Waals surface area (Å²) in [4.78, 5) is 9.87. The van der Waals surface area contributed by atoms with Crippen LogP contribution in [-0.4, -0.2) is 48.6 Å². The SMILES string of the molecule is CCNCc1csc(N2CCN3CCCC3C2)n1. The van der Waals surface area contributed by atoms with Crippen LogP contribution in [0.4, 0.5) is 5.13 Å².